The summed E-state index contributed by atoms with van der Waals surface area (Å²) in [6, 6.07) is 0. The standard InChI is InChI=1S/C5H15NO6P2S/c1-15-4-2-3-6-12-14(10,11)5-13(7,8)9/h6H,2-5H2,1H3,(H,10,11)(H2,7,8,9). The first-order valence-corrected chi connectivity index (χ1v) is 8.99. The molecule has 92 valence electrons. The zero-order valence-corrected chi connectivity index (χ0v) is 10.8. The van der Waals surface area contributed by atoms with Crippen LogP contribution in [-0.4, -0.2) is 39.1 Å². The molecule has 10 heteroatoms. The second-order valence-electron chi connectivity index (χ2n) is 2.78. The van der Waals surface area contributed by atoms with Gasteiger partial charge in [-0.15, -0.1) is 0 Å². The van der Waals surface area contributed by atoms with E-state index in [2.05, 4.69) is 10.1 Å². The van der Waals surface area contributed by atoms with E-state index in [1.165, 1.54) is 0 Å². The van der Waals surface area contributed by atoms with Gasteiger partial charge in [-0.3, -0.25) is 9.13 Å². The zero-order chi connectivity index (χ0) is 11.9. The Morgan fingerprint density at radius 2 is 1.93 bits per heavy atom. The molecule has 0 aromatic carbocycles. The Morgan fingerprint density at radius 1 is 1.33 bits per heavy atom. The normalized spacial score (nSPS) is 16.3. The maximum atomic E-state index is 11.0. The summed E-state index contributed by atoms with van der Waals surface area (Å²) in [5.41, 5.74) is 2.21. The first-order valence-electron chi connectivity index (χ1n) is 4.03. The molecule has 15 heavy (non-hydrogen) atoms. The molecule has 0 aliphatic rings. The van der Waals surface area contributed by atoms with Crippen molar-refractivity contribution in [1.29, 1.82) is 0 Å². The van der Waals surface area contributed by atoms with Crippen molar-refractivity contribution in [2.45, 2.75) is 6.42 Å². The molecule has 0 aliphatic carbocycles. The summed E-state index contributed by atoms with van der Waals surface area (Å²) >= 11 is 1.62. The minimum atomic E-state index is -4.53. The van der Waals surface area contributed by atoms with Gasteiger partial charge in [0.15, 0.2) is 5.90 Å². The van der Waals surface area contributed by atoms with E-state index in [0.717, 1.165) is 12.2 Å². The maximum absolute atomic E-state index is 11.0. The summed E-state index contributed by atoms with van der Waals surface area (Å²) in [5, 5.41) is 0. The molecule has 0 bridgehead atoms. The lowest BCUT2D eigenvalue weighted by molar-refractivity contribution is 0.168. The van der Waals surface area contributed by atoms with Gasteiger partial charge >= 0.3 is 15.2 Å². The van der Waals surface area contributed by atoms with Crippen molar-refractivity contribution in [3.8, 4) is 0 Å². The predicted octanol–water partition coefficient (Wildman–Crippen LogP) is 0.581. The first kappa shape index (κ1) is 15.6. The van der Waals surface area contributed by atoms with E-state index >= 15 is 0 Å². The Kier molecular flexibility index (Phi) is 7.32. The number of hydroxylamine groups is 1. The predicted molar refractivity (Wildman–Crippen MR) is 58.8 cm³/mol. The van der Waals surface area contributed by atoms with Crippen LogP contribution in [0, 0.1) is 0 Å². The molecular formula is C5H15NO6P2S. The molecule has 0 aromatic heterocycles. The van der Waals surface area contributed by atoms with Gasteiger partial charge in [0.25, 0.3) is 0 Å². The molecule has 0 spiro atoms. The molecule has 0 saturated carbocycles. The van der Waals surface area contributed by atoms with Crippen LogP contribution < -0.4 is 5.48 Å². The van der Waals surface area contributed by atoms with Crippen LogP contribution in [0.2, 0.25) is 0 Å². The third-order valence-corrected chi connectivity index (χ3v) is 5.21. The van der Waals surface area contributed by atoms with Gasteiger partial charge in [0.2, 0.25) is 0 Å². The van der Waals surface area contributed by atoms with Crippen molar-refractivity contribution in [2.75, 3.05) is 24.5 Å². The van der Waals surface area contributed by atoms with Crippen molar-refractivity contribution in [3.05, 3.63) is 0 Å². The highest BCUT2D eigenvalue weighted by Crippen LogP contribution is 2.54. The van der Waals surface area contributed by atoms with E-state index in [-0.39, 0.29) is 0 Å². The second kappa shape index (κ2) is 7.04. The number of thioether (sulfide) groups is 1. The molecule has 0 radical (unpaired) electrons. The number of hydrogen-bond acceptors (Lipinski definition) is 5. The third-order valence-electron chi connectivity index (χ3n) is 1.20. The van der Waals surface area contributed by atoms with Crippen molar-refractivity contribution < 1.29 is 28.4 Å². The Morgan fingerprint density at radius 3 is 2.40 bits per heavy atom. The van der Waals surface area contributed by atoms with E-state index in [9.17, 15) is 9.13 Å². The molecule has 0 rings (SSSR count). The fourth-order valence-electron chi connectivity index (χ4n) is 0.697. The molecule has 0 aromatic rings. The molecule has 1 atom stereocenters. The van der Waals surface area contributed by atoms with Gasteiger partial charge in [-0.1, -0.05) is 0 Å². The van der Waals surface area contributed by atoms with Crippen LogP contribution in [-0.2, 0) is 13.8 Å². The van der Waals surface area contributed by atoms with Crippen LogP contribution in [0.4, 0.5) is 0 Å². The highest BCUT2D eigenvalue weighted by Gasteiger charge is 2.31. The Bertz CT molecular complexity index is 268. The number of hydrogen-bond donors (Lipinski definition) is 4. The quantitative estimate of drug-likeness (QED) is 0.290. The van der Waals surface area contributed by atoms with Crippen LogP contribution >= 0.6 is 27.0 Å². The average molecular weight is 279 g/mol. The van der Waals surface area contributed by atoms with Gasteiger partial charge in [-0.25, -0.2) is 4.62 Å². The summed E-state index contributed by atoms with van der Waals surface area (Å²) in [6.45, 7) is 0.354. The van der Waals surface area contributed by atoms with Gasteiger partial charge in [-0.2, -0.15) is 17.2 Å². The topological polar surface area (TPSA) is 116 Å². The van der Waals surface area contributed by atoms with E-state index in [1.807, 2.05) is 6.26 Å². The van der Waals surface area contributed by atoms with E-state index in [4.69, 9.17) is 14.7 Å². The lowest BCUT2D eigenvalue weighted by Crippen LogP contribution is -2.16. The van der Waals surface area contributed by atoms with Crippen LogP contribution in [0.5, 0.6) is 0 Å². The molecule has 1 unspecified atom stereocenters. The molecule has 0 amide bonds. The fourth-order valence-corrected chi connectivity index (χ4v) is 3.52. The fraction of sp³-hybridized carbons (Fsp3) is 1.00. The summed E-state index contributed by atoms with van der Waals surface area (Å²) in [6.07, 6.45) is 2.66. The minimum absolute atomic E-state index is 0.354. The molecular weight excluding hydrogens is 264 g/mol. The third kappa shape index (κ3) is 10.9. The lowest BCUT2D eigenvalue weighted by Gasteiger charge is -2.12. The highest BCUT2D eigenvalue weighted by molar-refractivity contribution is 7.98. The van der Waals surface area contributed by atoms with E-state index < -0.39 is 21.1 Å². The minimum Gasteiger partial charge on any atom is -0.324 e. The maximum Gasteiger partial charge on any atom is 0.356 e. The van der Waals surface area contributed by atoms with Gasteiger partial charge < -0.3 is 14.7 Å². The molecule has 0 saturated heterocycles. The van der Waals surface area contributed by atoms with Gasteiger partial charge in [0, 0.05) is 6.54 Å². The smallest absolute Gasteiger partial charge is 0.324 e. The molecule has 7 nitrogen and oxygen atoms in total. The van der Waals surface area contributed by atoms with Gasteiger partial charge in [-0.05, 0) is 18.4 Å². The Balaban J connectivity index is 3.75. The highest BCUT2D eigenvalue weighted by atomic mass is 32.2. The molecule has 4 N–H and O–H groups in total. The molecule has 0 fully saturated rings. The van der Waals surface area contributed by atoms with Crippen molar-refractivity contribution >= 4 is 27.0 Å². The van der Waals surface area contributed by atoms with Crippen LogP contribution in [0.3, 0.4) is 0 Å². The van der Waals surface area contributed by atoms with Crippen LogP contribution in [0.25, 0.3) is 0 Å². The largest absolute Gasteiger partial charge is 0.356 e. The van der Waals surface area contributed by atoms with Crippen molar-refractivity contribution in [3.63, 3.8) is 0 Å². The summed E-state index contributed by atoms with van der Waals surface area (Å²) in [4.78, 5) is 25.9. The summed E-state index contributed by atoms with van der Waals surface area (Å²) in [7, 11) is -8.77. The molecule has 0 aliphatic heterocycles. The number of nitrogens with one attached hydrogen (secondary N) is 1. The van der Waals surface area contributed by atoms with Crippen molar-refractivity contribution in [2.24, 2.45) is 0 Å². The SMILES string of the molecule is CSCCCNOP(=O)(O)CP(=O)(O)O. The average Bonchev–Trinajstić information content (AvgIpc) is 1.99. The summed E-state index contributed by atoms with van der Waals surface area (Å²) in [5.74, 6) is -0.305. The Hall–Kier alpha value is 0.610. The molecule has 0 heterocycles. The van der Waals surface area contributed by atoms with E-state index in [0.29, 0.717) is 6.54 Å². The van der Waals surface area contributed by atoms with Gasteiger partial charge in [0.1, 0.15) is 0 Å². The monoisotopic (exact) mass is 279 g/mol. The summed E-state index contributed by atoms with van der Waals surface area (Å²) < 4.78 is 25.8. The zero-order valence-electron chi connectivity index (χ0n) is 8.20. The van der Waals surface area contributed by atoms with Crippen LogP contribution in [0.15, 0.2) is 0 Å². The first-order chi connectivity index (χ1) is 6.77. The number of rotatable bonds is 8. The van der Waals surface area contributed by atoms with Gasteiger partial charge in [0.05, 0.1) is 0 Å². The lowest BCUT2D eigenvalue weighted by atomic mass is 10.5. The van der Waals surface area contributed by atoms with Crippen molar-refractivity contribution in [1.82, 2.24) is 5.48 Å². The second-order valence-corrected chi connectivity index (χ2v) is 7.68. The Labute approximate surface area is 92.2 Å². The van der Waals surface area contributed by atoms with Crippen LogP contribution in [0.1, 0.15) is 6.42 Å². The van der Waals surface area contributed by atoms with E-state index in [1.54, 1.807) is 11.8 Å².